The fourth-order valence-corrected chi connectivity index (χ4v) is 1.68. The quantitative estimate of drug-likeness (QED) is 0.742. The van der Waals surface area contributed by atoms with Crippen LogP contribution in [-0.2, 0) is 0 Å². The van der Waals surface area contributed by atoms with E-state index in [0.29, 0.717) is 0 Å². The molecular formula is C13H10ClNO. The van der Waals surface area contributed by atoms with Gasteiger partial charge in [0.1, 0.15) is 5.69 Å². The Hall–Kier alpha value is -1.67. The van der Waals surface area contributed by atoms with E-state index in [9.17, 15) is 4.79 Å². The molecule has 0 unspecified atom stereocenters. The Labute approximate surface area is 98.9 Å². The maximum Gasteiger partial charge on any atom is 0.270 e. The number of rotatable bonds is 2. The fourth-order valence-electron chi connectivity index (χ4n) is 1.57. The van der Waals surface area contributed by atoms with E-state index in [1.165, 1.54) is 5.56 Å². The Bertz CT molecular complexity index is 520. The first kappa shape index (κ1) is 10.8. The van der Waals surface area contributed by atoms with Gasteiger partial charge in [-0.25, -0.2) is 0 Å². The molecule has 0 spiro atoms. The predicted molar refractivity (Wildman–Crippen MR) is 64.6 cm³/mol. The Morgan fingerprint density at radius 1 is 1.19 bits per heavy atom. The van der Waals surface area contributed by atoms with Crippen molar-refractivity contribution in [3.05, 3.63) is 53.9 Å². The number of pyridine rings is 1. The van der Waals surface area contributed by atoms with Crippen LogP contribution in [0.4, 0.5) is 0 Å². The van der Waals surface area contributed by atoms with Crippen molar-refractivity contribution in [2.24, 2.45) is 0 Å². The molecule has 0 amide bonds. The zero-order valence-corrected chi connectivity index (χ0v) is 9.53. The Kier molecular flexibility index (Phi) is 3.02. The molecule has 0 aliphatic carbocycles. The van der Waals surface area contributed by atoms with Gasteiger partial charge in [-0.15, -0.1) is 0 Å². The van der Waals surface area contributed by atoms with Crippen molar-refractivity contribution in [3.63, 3.8) is 0 Å². The molecule has 0 bridgehead atoms. The zero-order chi connectivity index (χ0) is 11.5. The molecule has 0 radical (unpaired) electrons. The molecule has 2 aromatic rings. The van der Waals surface area contributed by atoms with Gasteiger partial charge in [0.2, 0.25) is 0 Å². The van der Waals surface area contributed by atoms with Gasteiger partial charge in [-0.1, -0.05) is 30.3 Å². The van der Waals surface area contributed by atoms with Gasteiger partial charge >= 0.3 is 0 Å². The minimum atomic E-state index is -0.531. The van der Waals surface area contributed by atoms with Crippen LogP contribution >= 0.6 is 11.6 Å². The largest absolute Gasteiger partial charge is 0.274 e. The third-order valence-electron chi connectivity index (χ3n) is 2.42. The van der Waals surface area contributed by atoms with E-state index in [4.69, 9.17) is 11.6 Å². The summed E-state index contributed by atoms with van der Waals surface area (Å²) < 4.78 is 0. The second-order valence-corrected chi connectivity index (χ2v) is 3.86. The van der Waals surface area contributed by atoms with E-state index in [1.807, 2.05) is 37.3 Å². The summed E-state index contributed by atoms with van der Waals surface area (Å²) in [5.41, 5.74) is 3.55. The molecule has 1 aromatic heterocycles. The average Bonchev–Trinajstić information content (AvgIpc) is 2.30. The van der Waals surface area contributed by atoms with Crippen LogP contribution in [0.1, 0.15) is 16.1 Å². The topological polar surface area (TPSA) is 30.0 Å². The number of benzene rings is 1. The van der Waals surface area contributed by atoms with Crippen LogP contribution in [0.2, 0.25) is 0 Å². The molecule has 0 fully saturated rings. The Balaban J connectivity index is 2.43. The average molecular weight is 232 g/mol. The highest BCUT2D eigenvalue weighted by Crippen LogP contribution is 2.22. The van der Waals surface area contributed by atoms with Gasteiger partial charge in [-0.3, -0.25) is 9.78 Å². The number of hydrogen-bond acceptors (Lipinski definition) is 2. The molecule has 16 heavy (non-hydrogen) atoms. The lowest BCUT2D eigenvalue weighted by Gasteiger charge is -2.05. The van der Waals surface area contributed by atoms with Crippen LogP contribution in [0.15, 0.2) is 42.6 Å². The van der Waals surface area contributed by atoms with Crippen LogP contribution < -0.4 is 0 Å². The highest BCUT2D eigenvalue weighted by Gasteiger charge is 2.05. The summed E-state index contributed by atoms with van der Waals surface area (Å²) in [5, 5.41) is -0.531. The van der Waals surface area contributed by atoms with Crippen molar-refractivity contribution in [2.45, 2.75) is 6.92 Å². The van der Waals surface area contributed by atoms with E-state index < -0.39 is 5.24 Å². The summed E-state index contributed by atoms with van der Waals surface area (Å²) in [6.45, 7) is 2.04. The number of nitrogens with zero attached hydrogens (tertiary/aromatic N) is 1. The third kappa shape index (κ3) is 2.12. The molecular weight excluding hydrogens is 222 g/mol. The molecule has 2 rings (SSSR count). The molecule has 1 heterocycles. The van der Waals surface area contributed by atoms with Crippen molar-refractivity contribution in [1.82, 2.24) is 4.98 Å². The van der Waals surface area contributed by atoms with Crippen molar-refractivity contribution in [2.75, 3.05) is 0 Å². The third-order valence-corrected chi connectivity index (χ3v) is 2.61. The van der Waals surface area contributed by atoms with Gasteiger partial charge in [0, 0.05) is 11.8 Å². The molecule has 0 saturated carbocycles. The van der Waals surface area contributed by atoms with Crippen molar-refractivity contribution in [3.8, 4) is 11.1 Å². The van der Waals surface area contributed by atoms with Gasteiger partial charge in [-0.05, 0) is 35.7 Å². The van der Waals surface area contributed by atoms with Crippen molar-refractivity contribution in [1.29, 1.82) is 0 Å². The van der Waals surface area contributed by atoms with Crippen LogP contribution in [0.5, 0.6) is 0 Å². The lowest BCUT2D eigenvalue weighted by molar-refractivity contribution is 0.107. The maximum absolute atomic E-state index is 10.9. The number of carbonyl (C=O) groups excluding carboxylic acids is 1. The second kappa shape index (κ2) is 4.45. The lowest BCUT2D eigenvalue weighted by atomic mass is 10.0. The molecule has 0 N–H and O–H groups in total. The van der Waals surface area contributed by atoms with Crippen LogP contribution in [0.3, 0.4) is 0 Å². The van der Waals surface area contributed by atoms with Crippen LogP contribution in [0, 0.1) is 6.92 Å². The standard InChI is InChI=1S/C13H10ClNO/c1-9-4-2-3-5-11(9)10-6-7-12(13(14)16)15-8-10/h2-8H,1H3. The van der Waals surface area contributed by atoms with Gasteiger partial charge < -0.3 is 0 Å². The highest BCUT2D eigenvalue weighted by atomic mass is 35.5. The fraction of sp³-hybridized carbons (Fsp3) is 0.0769. The number of carbonyl (C=O) groups is 1. The molecule has 0 saturated heterocycles. The smallest absolute Gasteiger partial charge is 0.270 e. The van der Waals surface area contributed by atoms with Gasteiger partial charge in [0.15, 0.2) is 0 Å². The van der Waals surface area contributed by atoms with Gasteiger partial charge in [0.05, 0.1) is 0 Å². The minimum Gasteiger partial charge on any atom is -0.274 e. The predicted octanol–water partition coefficient (Wildman–Crippen LogP) is 3.44. The van der Waals surface area contributed by atoms with Crippen molar-refractivity contribution >= 4 is 16.8 Å². The first-order chi connectivity index (χ1) is 7.68. The van der Waals surface area contributed by atoms with Gasteiger partial charge in [-0.2, -0.15) is 0 Å². The molecule has 80 valence electrons. The van der Waals surface area contributed by atoms with E-state index in [0.717, 1.165) is 11.1 Å². The number of aromatic nitrogens is 1. The number of halogens is 1. The number of aryl methyl sites for hydroxylation is 1. The summed E-state index contributed by atoms with van der Waals surface area (Å²) in [4.78, 5) is 14.9. The highest BCUT2D eigenvalue weighted by molar-refractivity contribution is 6.67. The van der Waals surface area contributed by atoms with Gasteiger partial charge in [0.25, 0.3) is 5.24 Å². The molecule has 0 aliphatic heterocycles. The monoisotopic (exact) mass is 231 g/mol. The Morgan fingerprint density at radius 2 is 1.94 bits per heavy atom. The molecule has 1 aromatic carbocycles. The molecule has 0 aliphatic rings. The van der Waals surface area contributed by atoms with E-state index >= 15 is 0 Å². The van der Waals surface area contributed by atoms with Crippen molar-refractivity contribution < 1.29 is 4.79 Å². The molecule has 0 atom stereocenters. The lowest BCUT2D eigenvalue weighted by Crippen LogP contribution is -1.93. The van der Waals surface area contributed by atoms with E-state index in [1.54, 1.807) is 12.3 Å². The summed E-state index contributed by atoms with van der Waals surface area (Å²) in [6.07, 6.45) is 1.66. The molecule has 2 nitrogen and oxygen atoms in total. The summed E-state index contributed by atoms with van der Waals surface area (Å²) in [6, 6.07) is 11.5. The minimum absolute atomic E-state index is 0.277. The maximum atomic E-state index is 10.9. The van der Waals surface area contributed by atoms with E-state index in [-0.39, 0.29) is 5.69 Å². The summed E-state index contributed by atoms with van der Waals surface area (Å²) >= 11 is 5.33. The number of hydrogen-bond donors (Lipinski definition) is 0. The zero-order valence-electron chi connectivity index (χ0n) is 8.77. The van der Waals surface area contributed by atoms with E-state index in [2.05, 4.69) is 4.98 Å². The second-order valence-electron chi connectivity index (χ2n) is 3.52. The van der Waals surface area contributed by atoms with Crippen LogP contribution in [0.25, 0.3) is 11.1 Å². The SMILES string of the molecule is Cc1ccccc1-c1ccc(C(=O)Cl)nc1. The Morgan fingerprint density at radius 3 is 2.50 bits per heavy atom. The molecule has 3 heteroatoms. The van der Waals surface area contributed by atoms with Crippen LogP contribution in [-0.4, -0.2) is 10.2 Å². The normalized spacial score (nSPS) is 10.1. The first-order valence-electron chi connectivity index (χ1n) is 4.90. The first-order valence-corrected chi connectivity index (χ1v) is 5.28. The summed E-state index contributed by atoms with van der Waals surface area (Å²) in [5.74, 6) is 0. The summed E-state index contributed by atoms with van der Waals surface area (Å²) in [7, 11) is 0.